The summed E-state index contributed by atoms with van der Waals surface area (Å²) < 4.78 is 1.76. The molecule has 0 saturated heterocycles. The van der Waals surface area contributed by atoms with Gasteiger partial charge in [-0.05, 0) is 13.8 Å². The van der Waals surface area contributed by atoms with E-state index in [4.69, 9.17) is 0 Å². The number of fused-ring (bicyclic) bond motifs is 1. The van der Waals surface area contributed by atoms with Crippen LogP contribution < -0.4 is 10.6 Å². The molecular weight excluding hydrogens is 256 g/mol. The molecule has 0 unspecified atom stereocenters. The van der Waals surface area contributed by atoms with E-state index in [1.54, 1.807) is 11.0 Å². The number of aromatic nitrogens is 6. The Morgan fingerprint density at radius 1 is 1.35 bits per heavy atom. The Labute approximate surface area is 115 Å². The van der Waals surface area contributed by atoms with E-state index in [9.17, 15) is 0 Å². The molecule has 20 heavy (non-hydrogen) atoms. The first-order valence-corrected chi connectivity index (χ1v) is 6.39. The standard InChI is InChI=1S/C12H16N8/c1-4-13-12-17-10-9(14-6-15-10)11(18-12)16-8-5-20(3)19-7(8)2/h5-6H,4H2,1-3H3,(H3,13,14,15,16,17,18). The molecule has 0 atom stereocenters. The third-order valence-electron chi connectivity index (χ3n) is 2.89. The van der Waals surface area contributed by atoms with Crippen molar-refractivity contribution in [2.45, 2.75) is 13.8 Å². The zero-order valence-electron chi connectivity index (χ0n) is 11.6. The Morgan fingerprint density at radius 3 is 2.90 bits per heavy atom. The van der Waals surface area contributed by atoms with Crippen molar-refractivity contribution in [3.8, 4) is 0 Å². The number of rotatable bonds is 4. The highest BCUT2D eigenvalue weighted by molar-refractivity contribution is 5.86. The average molecular weight is 272 g/mol. The minimum atomic E-state index is 0.552. The molecule has 3 heterocycles. The second-order valence-electron chi connectivity index (χ2n) is 4.45. The van der Waals surface area contributed by atoms with Gasteiger partial charge in [0.2, 0.25) is 5.95 Å². The maximum absolute atomic E-state index is 4.47. The first kappa shape index (κ1) is 12.4. The highest BCUT2D eigenvalue weighted by Crippen LogP contribution is 2.24. The number of aryl methyl sites for hydroxylation is 2. The molecule has 3 aromatic rings. The van der Waals surface area contributed by atoms with E-state index in [1.165, 1.54) is 0 Å². The zero-order valence-corrected chi connectivity index (χ0v) is 11.6. The second-order valence-corrected chi connectivity index (χ2v) is 4.45. The van der Waals surface area contributed by atoms with Crippen molar-refractivity contribution in [1.29, 1.82) is 0 Å². The van der Waals surface area contributed by atoms with E-state index in [0.29, 0.717) is 17.4 Å². The van der Waals surface area contributed by atoms with Crippen molar-refractivity contribution in [1.82, 2.24) is 29.7 Å². The molecule has 0 aromatic carbocycles. The van der Waals surface area contributed by atoms with Crippen LogP contribution in [0.25, 0.3) is 11.2 Å². The number of anilines is 3. The molecule has 0 aliphatic heterocycles. The molecular formula is C12H16N8. The fraction of sp³-hybridized carbons (Fsp3) is 0.333. The quantitative estimate of drug-likeness (QED) is 0.667. The number of aromatic amines is 1. The summed E-state index contributed by atoms with van der Waals surface area (Å²) in [6.45, 7) is 4.69. The molecule has 0 aliphatic rings. The third-order valence-corrected chi connectivity index (χ3v) is 2.89. The number of imidazole rings is 1. The predicted molar refractivity (Wildman–Crippen MR) is 77.1 cm³/mol. The Kier molecular flexibility index (Phi) is 2.97. The monoisotopic (exact) mass is 272 g/mol. The molecule has 8 nitrogen and oxygen atoms in total. The first-order valence-electron chi connectivity index (χ1n) is 6.39. The number of hydrogen-bond acceptors (Lipinski definition) is 6. The Hall–Kier alpha value is -2.64. The minimum Gasteiger partial charge on any atom is -0.354 e. The zero-order chi connectivity index (χ0) is 14.1. The summed E-state index contributed by atoms with van der Waals surface area (Å²) in [5, 5.41) is 10.7. The molecule has 104 valence electrons. The fourth-order valence-electron chi connectivity index (χ4n) is 2.01. The number of nitrogens with one attached hydrogen (secondary N) is 3. The van der Waals surface area contributed by atoms with Crippen LogP contribution in [0.3, 0.4) is 0 Å². The van der Waals surface area contributed by atoms with Gasteiger partial charge >= 0.3 is 0 Å². The van der Waals surface area contributed by atoms with Gasteiger partial charge in [0.05, 0.1) is 17.7 Å². The van der Waals surface area contributed by atoms with Gasteiger partial charge in [0.25, 0.3) is 0 Å². The van der Waals surface area contributed by atoms with Gasteiger partial charge in [0, 0.05) is 19.8 Å². The lowest BCUT2D eigenvalue weighted by Crippen LogP contribution is -2.05. The van der Waals surface area contributed by atoms with Gasteiger partial charge in [-0.25, -0.2) is 4.98 Å². The van der Waals surface area contributed by atoms with E-state index in [1.807, 2.05) is 27.1 Å². The van der Waals surface area contributed by atoms with E-state index in [2.05, 4.69) is 35.7 Å². The van der Waals surface area contributed by atoms with Crippen LogP contribution in [0, 0.1) is 6.92 Å². The number of nitrogens with zero attached hydrogens (tertiary/aromatic N) is 5. The topological polar surface area (TPSA) is 96.3 Å². The van der Waals surface area contributed by atoms with E-state index in [-0.39, 0.29) is 0 Å². The van der Waals surface area contributed by atoms with Crippen molar-refractivity contribution in [2.75, 3.05) is 17.2 Å². The van der Waals surface area contributed by atoms with Gasteiger partial charge in [-0.2, -0.15) is 15.1 Å². The van der Waals surface area contributed by atoms with Crippen LogP contribution >= 0.6 is 0 Å². The molecule has 0 radical (unpaired) electrons. The minimum absolute atomic E-state index is 0.552. The third kappa shape index (κ3) is 2.15. The van der Waals surface area contributed by atoms with Crippen molar-refractivity contribution in [3.63, 3.8) is 0 Å². The lowest BCUT2D eigenvalue weighted by molar-refractivity contribution is 0.756. The van der Waals surface area contributed by atoms with Gasteiger partial charge in [-0.15, -0.1) is 0 Å². The molecule has 0 saturated carbocycles. The Balaban J connectivity index is 2.05. The summed E-state index contributed by atoms with van der Waals surface area (Å²) in [5.74, 6) is 1.23. The van der Waals surface area contributed by atoms with E-state index >= 15 is 0 Å². The highest BCUT2D eigenvalue weighted by Gasteiger charge is 2.12. The molecule has 0 amide bonds. The van der Waals surface area contributed by atoms with Gasteiger partial charge in [0.15, 0.2) is 11.5 Å². The van der Waals surface area contributed by atoms with Gasteiger partial charge in [-0.1, -0.05) is 0 Å². The molecule has 3 N–H and O–H groups in total. The fourth-order valence-corrected chi connectivity index (χ4v) is 2.01. The number of H-pyrrole nitrogens is 1. The molecule has 8 heteroatoms. The lowest BCUT2D eigenvalue weighted by Gasteiger charge is -2.07. The van der Waals surface area contributed by atoms with Crippen molar-refractivity contribution in [3.05, 3.63) is 18.2 Å². The SMILES string of the molecule is CCNc1nc(Nc2cn(C)nc2C)c2[nH]cnc2n1. The van der Waals surface area contributed by atoms with Crippen LogP contribution in [-0.4, -0.2) is 36.3 Å². The summed E-state index contributed by atoms with van der Waals surface area (Å²) in [4.78, 5) is 16.0. The van der Waals surface area contributed by atoms with Crippen LogP contribution in [0.4, 0.5) is 17.5 Å². The maximum atomic E-state index is 4.47. The normalized spacial score (nSPS) is 10.9. The summed E-state index contributed by atoms with van der Waals surface area (Å²) in [5.41, 5.74) is 3.21. The van der Waals surface area contributed by atoms with Crippen molar-refractivity contribution >= 4 is 28.6 Å². The predicted octanol–water partition coefficient (Wildman–Crippen LogP) is 1.57. The van der Waals surface area contributed by atoms with Gasteiger partial charge in [0.1, 0.15) is 5.52 Å². The molecule has 3 rings (SSSR count). The molecule has 0 aliphatic carbocycles. The summed E-state index contributed by atoms with van der Waals surface area (Å²) in [6, 6.07) is 0. The van der Waals surface area contributed by atoms with Gasteiger partial charge in [-0.3, -0.25) is 4.68 Å². The Bertz CT molecular complexity index is 741. The second kappa shape index (κ2) is 4.80. The summed E-state index contributed by atoms with van der Waals surface area (Å²) in [7, 11) is 1.88. The number of hydrogen-bond donors (Lipinski definition) is 3. The van der Waals surface area contributed by atoms with E-state index in [0.717, 1.165) is 23.4 Å². The maximum Gasteiger partial charge on any atom is 0.226 e. The van der Waals surface area contributed by atoms with Crippen LogP contribution in [-0.2, 0) is 7.05 Å². The summed E-state index contributed by atoms with van der Waals surface area (Å²) in [6.07, 6.45) is 3.52. The van der Waals surface area contributed by atoms with Crippen LogP contribution in [0.1, 0.15) is 12.6 Å². The molecule has 0 bridgehead atoms. The van der Waals surface area contributed by atoms with Crippen LogP contribution in [0.15, 0.2) is 12.5 Å². The smallest absolute Gasteiger partial charge is 0.226 e. The molecule has 0 fully saturated rings. The van der Waals surface area contributed by atoms with E-state index < -0.39 is 0 Å². The van der Waals surface area contributed by atoms with Crippen LogP contribution in [0.5, 0.6) is 0 Å². The lowest BCUT2D eigenvalue weighted by atomic mass is 10.4. The van der Waals surface area contributed by atoms with Crippen molar-refractivity contribution in [2.24, 2.45) is 7.05 Å². The molecule has 3 aromatic heterocycles. The largest absolute Gasteiger partial charge is 0.354 e. The highest BCUT2D eigenvalue weighted by atomic mass is 15.3. The van der Waals surface area contributed by atoms with Gasteiger partial charge < -0.3 is 15.6 Å². The summed E-state index contributed by atoms with van der Waals surface area (Å²) >= 11 is 0. The van der Waals surface area contributed by atoms with Crippen LogP contribution in [0.2, 0.25) is 0 Å². The average Bonchev–Trinajstić information content (AvgIpc) is 2.97. The Morgan fingerprint density at radius 2 is 2.20 bits per heavy atom. The first-order chi connectivity index (χ1) is 9.67. The van der Waals surface area contributed by atoms with Crippen molar-refractivity contribution < 1.29 is 0 Å². The molecule has 0 spiro atoms.